The summed E-state index contributed by atoms with van der Waals surface area (Å²) in [6, 6.07) is 15.0. The smallest absolute Gasteiger partial charge is 0.272 e. The Morgan fingerprint density at radius 1 is 1.18 bits per heavy atom. The average molecular weight is 457 g/mol. The van der Waals surface area contributed by atoms with Crippen LogP contribution in [-0.4, -0.2) is 49.0 Å². The summed E-state index contributed by atoms with van der Waals surface area (Å²) in [5, 5.41) is 18.5. The number of para-hydroxylation sites is 1. The van der Waals surface area contributed by atoms with E-state index in [9.17, 15) is 9.90 Å². The molecule has 0 saturated heterocycles. The van der Waals surface area contributed by atoms with E-state index in [1.807, 2.05) is 48.0 Å². The number of aliphatic hydroxyl groups excluding tert-OH is 1. The zero-order valence-electron chi connectivity index (χ0n) is 18.7. The second kappa shape index (κ2) is 8.49. The summed E-state index contributed by atoms with van der Waals surface area (Å²) in [6.45, 7) is 0.172. The van der Waals surface area contributed by atoms with Gasteiger partial charge in [-0.3, -0.25) is 4.79 Å². The van der Waals surface area contributed by atoms with Gasteiger partial charge in [-0.05, 0) is 24.3 Å². The molecule has 5 rings (SSSR count). The quantitative estimate of drug-likeness (QED) is 0.357. The number of nitrogen functional groups attached to an aromatic ring is 1. The number of ether oxygens (including phenoxy) is 1. The largest absolute Gasteiger partial charge is 0.495 e. The van der Waals surface area contributed by atoms with E-state index in [-0.39, 0.29) is 24.9 Å². The minimum atomic E-state index is -0.250. The number of carbonyl (C=O) groups is 1. The summed E-state index contributed by atoms with van der Waals surface area (Å²) in [6.07, 6.45) is 1.36. The lowest BCUT2D eigenvalue weighted by atomic mass is 10.1. The number of fused-ring (bicyclic) bond motifs is 2. The Kier molecular flexibility index (Phi) is 5.34. The zero-order valence-corrected chi connectivity index (χ0v) is 18.7. The molecule has 10 nitrogen and oxygen atoms in total. The first-order valence-electron chi connectivity index (χ1n) is 10.6. The monoisotopic (exact) mass is 457 g/mol. The second-order valence-electron chi connectivity index (χ2n) is 7.77. The van der Waals surface area contributed by atoms with Crippen molar-refractivity contribution in [1.29, 1.82) is 0 Å². The molecule has 0 bridgehead atoms. The first-order valence-corrected chi connectivity index (χ1v) is 10.6. The predicted octanol–water partition coefficient (Wildman–Crippen LogP) is 2.82. The molecular weight excluding hydrogens is 434 g/mol. The fourth-order valence-corrected chi connectivity index (χ4v) is 4.12. The maximum Gasteiger partial charge on any atom is 0.272 e. The molecule has 0 spiro atoms. The highest BCUT2D eigenvalue weighted by Gasteiger charge is 2.20. The van der Waals surface area contributed by atoms with Gasteiger partial charge in [-0.25, -0.2) is 14.6 Å². The van der Waals surface area contributed by atoms with Crippen LogP contribution in [0.15, 0.2) is 54.9 Å². The van der Waals surface area contributed by atoms with Gasteiger partial charge in [0.1, 0.15) is 29.3 Å². The lowest BCUT2D eigenvalue weighted by Crippen LogP contribution is -2.16. The van der Waals surface area contributed by atoms with Gasteiger partial charge < -0.3 is 25.5 Å². The molecule has 0 aliphatic heterocycles. The number of rotatable bonds is 6. The molecule has 3 heterocycles. The third-order valence-corrected chi connectivity index (χ3v) is 5.78. The summed E-state index contributed by atoms with van der Waals surface area (Å²) >= 11 is 0. The van der Waals surface area contributed by atoms with Gasteiger partial charge in [-0.15, -0.1) is 0 Å². The number of hydrogen-bond acceptors (Lipinski definition) is 7. The minimum Gasteiger partial charge on any atom is -0.495 e. The van der Waals surface area contributed by atoms with Crippen LogP contribution < -0.4 is 15.8 Å². The van der Waals surface area contributed by atoms with E-state index in [1.54, 1.807) is 16.8 Å². The van der Waals surface area contributed by atoms with Crippen molar-refractivity contribution >= 4 is 39.3 Å². The Morgan fingerprint density at radius 2 is 2.00 bits per heavy atom. The molecule has 172 valence electrons. The summed E-state index contributed by atoms with van der Waals surface area (Å²) < 4.78 is 9.02. The van der Waals surface area contributed by atoms with Crippen LogP contribution in [0.1, 0.15) is 10.5 Å². The SMILES string of the molecule is COc1cc(-c2nn(CCO)c3ncnc(N)c23)ccc1NC(=O)c1cc2ccccc2n1C. The first kappa shape index (κ1) is 21.4. The van der Waals surface area contributed by atoms with Gasteiger partial charge in [0.2, 0.25) is 0 Å². The second-order valence-corrected chi connectivity index (χ2v) is 7.77. The van der Waals surface area contributed by atoms with Crippen LogP contribution in [0, 0.1) is 0 Å². The number of benzene rings is 2. The standard InChI is InChI=1S/C24H23N7O3/c1-30-17-6-4-3-5-14(17)11-18(30)24(33)28-16-8-7-15(12-19(16)34-2)21-20-22(25)26-13-27-23(20)31(29-21)9-10-32/h3-8,11-13,32H,9-10H2,1-2H3,(H,28,33)(H2,25,26,27). The Labute approximate surface area is 194 Å². The van der Waals surface area contributed by atoms with Crippen molar-refractivity contribution in [3.63, 3.8) is 0 Å². The summed E-state index contributed by atoms with van der Waals surface area (Å²) in [7, 11) is 3.39. The van der Waals surface area contributed by atoms with Gasteiger partial charge in [-0.1, -0.05) is 24.3 Å². The number of amides is 1. The summed E-state index contributed by atoms with van der Waals surface area (Å²) in [5.41, 5.74) is 9.95. The molecule has 0 saturated carbocycles. The van der Waals surface area contributed by atoms with Gasteiger partial charge in [0.15, 0.2) is 5.65 Å². The van der Waals surface area contributed by atoms with E-state index in [1.165, 1.54) is 13.4 Å². The number of nitrogens with two attached hydrogens (primary N) is 1. The van der Waals surface area contributed by atoms with Crippen LogP contribution in [0.5, 0.6) is 5.75 Å². The van der Waals surface area contributed by atoms with Gasteiger partial charge in [-0.2, -0.15) is 5.10 Å². The molecular formula is C24H23N7O3. The van der Waals surface area contributed by atoms with Crippen molar-refractivity contribution in [3.05, 3.63) is 60.6 Å². The van der Waals surface area contributed by atoms with Gasteiger partial charge in [0.25, 0.3) is 5.91 Å². The summed E-state index contributed by atoms with van der Waals surface area (Å²) in [4.78, 5) is 21.4. The van der Waals surface area contributed by atoms with E-state index < -0.39 is 0 Å². The molecule has 2 aromatic carbocycles. The number of nitrogens with zero attached hydrogens (tertiary/aromatic N) is 5. The van der Waals surface area contributed by atoms with Gasteiger partial charge in [0, 0.05) is 23.5 Å². The maximum atomic E-state index is 13.1. The maximum absolute atomic E-state index is 13.1. The topological polar surface area (TPSA) is 133 Å². The lowest BCUT2D eigenvalue weighted by Gasteiger charge is -2.12. The third kappa shape index (κ3) is 3.50. The molecule has 4 N–H and O–H groups in total. The Hall–Kier alpha value is -4.44. The number of hydrogen-bond donors (Lipinski definition) is 3. The molecule has 3 aromatic heterocycles. The van der Waals surface area contributed by atoms with Crippen LogP contribution in [0.4, 0.5) is 11.5 Å². The van der Waals surface area contributed by atoms with Crippen LogP contribution in [0.3, 0.4) is 0 Å². The number of carbonyl (C=O) groups excluding carboxylic acids is 1. The van der Waals surface area contributed by atoms with E-state index in [4.69, 9.17) is 10.5 Å². The number of aryl methyl sites for hydroxylation is 1. The normalized spacial score (nSPS) is 11.3. The number of nitrogens with one attached hydrogen (secondary N) is 1. The first-order chi connectivity index (χ1) is 16.5. The van der Waals surface area contributed by atoms with Crippen molar-refractivity contribution in [2.75, 3.05) is 24.8 Å². The molecule has 0 fully saturated rings. The van der Waals surface area contributed by atoms with E-state index in [0.717, 1.165) is 10.9 Å². The van der Waals surface area contributed by atoms with Crippen molar-refractivity contribution in [1.82, 2.24) is 24.3 Å². The van der Waals surface area contributed by atoms with Crippen molar-refractivity contribution in [2.45, 2.75) is 6.54 Å². The molecule has 0 aliphatic carbocycles. The van der Waals surface area contributed by atoms with Crippen molar-refractivity contribution in [2.24, 2.45) is 7.05 Å². The van der Waals surface area contributed by atoms with E-state index in [0.29, 0.717) is 39.4 Å². The van der Waals surface area contributed by atoms with E-state index in [2.05, 4.69) is 20.4 Å². The fraction of sp³-hybridized carbons (Fsp3) is 0.167. The predicted molar refractivity (Wildman–Crippen MR) is 130 cm³/mol. The third-order valence-electron chi connectivity index (χ3n) is 5.78. The van der Waals surface area contributed by atoms with Crippen molar-refractivity contribution < 1.29 is 14.6 Å². The molecule has 0 radical (unpaired) electrons. The Morgan fingerprint density at radius 3 is 2.76 bits per heavy atom. The highest BCUT2D eigenvalue weighted by Crippen LogP contribution is 2.35. The van der Waals surface area contributed by atoms with Crippen LogP contribution in [-0.2, 0) is 13.6 Å². The molecule has 0 atom stereocenters. The number of aliphatic hydroxyl groups is 1. The molecule has 5 aromatic rings. The molecule has 1 amide bonds. The number of methoxy groups -OCH3 is 1. The van der Waals surface area contributed by atoms with Gasteiger partial charge in [0.05, 0.1) is 31.3 Å². The zero-order chi connectivity index (χ0) is 23.8. The number of aromatic nitrogens is 5. The minimum absolute atomic E-state index is 0.0947. The van der Waals surface area contributed by atoms with Crippen LogP contribution in [0.2, 0.25) is 0 Å². The summed E-state index contributed by atoms with van der Waals surface area (Å²) in [5.74, 6) is 0.501. The van der Waals surface area contributed by atoms with E-state index >= 15 is 0 Å². The molecule has 0 aliphatic rings. The molecule has 10 heteroatoms. The van der Waals surface area contributed by atoms with Gasteiger partial charge >= 0.3 is 0 Å². The average Bonchev–Trinajstić information content (AvgIpc) is 3.39. The van der Waals surface area contributed by atoms with Crippen LogP contribution in [0.25, 0.3) is 33.2 Å². The van der Waals surface area contributed by atoms with Crippen molar-refractivity contribution in [3.8, 4) is 17.0 Å². The highest BCUT2D eigenvalue weighted by molar-refractivity contribution is 6.07. The fourth-order valence-electron chi connectivity index (χ4n) is 4.12. The lowest BCUT2D eigenvalue weighted by molar-refractivity contribution is 0.101. The molecule has 0 unspecified atom stereocenters. The number of anilines is 2. The molecule has 34 heavy (non-hydrogen) atoms. The Balaban J connectivity index is 1.52. The highest BCUT2D eigenvalue weighted by atomic mass is 16.5. The Bertz CT molecular complexity index is 1540. The van der Waals surface area contributed by atoms with Crippen LogP contribution >= 0.6 is 0 Å².